The molecule has 0 radical (unpaired) electrons. The Balaban J connectivity index is 0.00000208. The van der Waals surface area contributed by atoms with Crippen LogP contribution >= 0.6 is 17.0 Å². The van der Waals surface area contributed by atoms with Crippen LogP contribution in [0.15, 0.2) is 47.5 Å². The maximum Gasteiger partial charge on any atom is 0.188 e. The van der Waals surface area contributed by atoms with Crippen LogP contribution in [0.5, 0.6) is 5.75 Å². The molecule has 0 saturated heterocycles. The van der Waals surface area contributed by atoms with Crippen LogP contribution in [0.3, 0.4) is 0 Å². The summed E-state index contributed by atoms with van der Waals surface area (Å²) in [5.41, 5.74) is 10.6. The van der Waals surface area contributed by atoms with Crippen molar-refractivity contribution in [3.63, 3.8) is 0 Å². The largest absolute Gasteiger partial charge is 0.490 e. The van der Waals surface area contributed by atoms with Crippen LogP contribution in [-0.2, 0) is 13.0 Å². The summed E-state index contributed by atoms with van der Waals surface area (Å²) < 4.78 is 5.76. The molecule has 0 fully saturated rings. The molecule has 3 rings (SSSR count). The number of fused-ring (bicyclic) bond motifs is 1. The number of aliphatic imine (C=N–C) groups is 1. The highest BCUT2D eigenvalue weighted by Gasteiger charge is 2.19. The van der Waals surface area contributed by atoms with E-state index in [9.17, 15) is 0 Å². The lowest BCUT2D eigenvalue weighted by Gasteiger charge is -2.06. The second-order valence-electron chi connectivity index (χ2n) is 5.88. The Morgan fingerprint density at radius 3 is 2.62 bits per heavy atom. The fraction of sp³-hybridized carbons (Fsp3) is 0.316. The molecule has 0 aliphatic carbocycles. The first-order valence-corrected chi connectivity index (χ1v) is 8.08. The molecular weight excluding hydrogens is 366 g/mol. The van der Waals surface area contributed by atoms with Crippen molar-refractivity contribution in [2.75, 3.05) is 6.54 Å². The third-order valence-electron chi connectivity index (χ3n) is 3.97. The van der Waals surface area contributed by atoms with E-state index >= 15 is 0 Å². The molecule has 128 valence electrons. The minimum atomic E-state index is 0. The Bertz CT molecular complexity index is 713. The normalized spacial score (nSPS) is 16.1. The first-order valence-electron chi connectivity index (χ1n) is 8.08. The molecule has 3 N–H and O–H groups in total. The lowest BCUT2D eigenvalue weighted by atomic mass is 10.00. The molecule has 1 heterocycles. The van der Waals surface area contributed by atoms with Crippen molar-refractivity contribution in [3.05, 3.63) is 53.6 Å². The van der Waals surface area contributed by atoms with Gasteiger partial charge < -0.3 is 15.8 Å². The third-order valence-corrected chi connectivity index (χ3v) is 3.97. The van der Waals surface area contributed by atoms with Gasteiger partial charge in [-0.3, -0.25) is 0 Å². The van der Waals surface area contributed by atoms with Gasteiger partial charge in [0, 0.05) is 13.0 Å². The summed E-state index contributed by atoms with van der Waals surface area (Å²) in [7, 11) is 0. The van der Waals surface area contributed by atoms with Crippen molar-refractivity contribution in [1.82, 2.24) is 5.32 Å². The van der Waals surface area contributed by atoms with Gasteiger partial charge in [0.1, 0.15) is 11.9 Å². The van der Waals surface area contributed by atoms with E-state index in [-0.39, 0.29) is 23.1 Å². The molecule has 24 heavy (non-hydrogen) atoms. The van der Waals surface area contributed by atoms with Crippen LogP contribution in [0.2, 0.25) is 0 Å². The molecule has 1 aliphatic heterocycles. The number of guanidine groups is 1. The van der Waals surface area contributed by atoms with Crippen molar-refractivity contribution in [2.45, 2.75) is 32.9 Å². The fourth-order valence-electron chi connectivity index (χ4n) is 2.82. The Hall–Kier alpha value is -2.01. The van der Waals surface area contributed by atoms with Gasteiger partial charge in [-0.15, -0.1) is 17.0 Å². The summed E-state index contributed by atoms with van der Waals surface area (Å²) in [4.78, 5) is 4.31. The first-order chi connectivity index (χ1) is 11.2. The quantitative estimate of drug-likeness (QED) is 0.619. The highest BCUT2D eigenvalue weighted by atomic mass is 79.9. The molecule has 0 saturated carbocycles. The van der Waals surface area contributed by atoms with E-state index in [1.54, 1.807) is 0 Å². The van der Waals surface area contributed by atoms with Gasteiger partial charge >= 0.3 is 0 Å². The van der Waals surface area contributed by atoms with E-state index in [4.69, 9.17) is 10.5 Å². The van der Waals surface area contributed by atoms with E-state index in [1.807, 2.05) is 6.92 Å². The number of nitrogens with one attached hydrogen (secondary N) is 1. The van der Waals surface area contributed by atoms with Crippen LogP contribution in [0.25, 0.3) is 11.1 Å². The van der Waals surface area contributed by atoms with Gasteiger partial charge in [0.05, 0.1) is 6.54 Å². The monoisotopic (exact) mass is 389 g/mol. The Kier molecular flexibility index (Phi) is 6.26. The molecule has 0 spiro atoms. The van der Waals surface area contributed by atoms with Gasteiger partial charge in [-0.05, 0) is 48.2 Å². The number of rotatable bonds is 4. The Morgan fingerprint density at radius 2 is 1.92 bits per heavy atom. The molecule has 0 bridgehead atoms. The average molecular weight is 390 g/mol. The van der Waals surface area contributed by atoms with Crippen molar-refractivity contribution >= 4 is 22.9 Å². The fourth-order valence-corrected chi connectivity index (χ4v) is 2.82. The number of nitrogens with zero attached hydrogens (tertiary/aromatic N) is 1. The van der Waals surface area contributed by atoms with Crippen LogP contribution in [0.1, 0.15) is 25.0 Å². The maximum absolute atomic E-state index is 5.76. The van der Waals surface area contributed by atoms with Gasteiger partial charge in [-0.2, -0.15) is 0 Å². The molecule has 0 aromatic heterocycles. The molecule has 0 amide bonds. The van der Waals surface area contributed by atoms with Gasteiger partial charge in [-0.1, -0.05) is 30.3 Å². The zero-order valence-corrected chi connectivity index (χ0v) is 15.8. The summed E-state index contributed by atoms with van der Waals surface area (Å²) in [6.07, 6.45) is 1.27. The van der Waals surface area contributed by atoms with Crippen LogP contribution in [0.4, 0.5) is 0 Å². The molecule has 1 unspecified atom stereocenters. The van der Waals surface area contributed by atoms with Crippen molar-refractivity contribution in [1.29, 1.82) is 0 Å². The van der Waals surface area contributed by atoms with Crippen LogP contribution in [-0.4, -0.2) is 18.6 Å². The van der Waals surface area contributed by atoms with Gasteiger partial charge in [0.2, 0.25) is 0 Å². The van der Waals surface area contributed by atoms with Crippen LogP contribution < -0.4 is 15.8 Å². The van der Waals surface area contributed by atoms with E-state index in [0.29, 0.717) is 12.5 Å². The summed E-state index contributed by atoms with van der Waals surface area (Å²) >= 11 is 0. The zero-order valence-electron chi connectivity index (χ0n) is 14.1. The third kappa shape index (κ3) is 4.29. The number of hydrogen-bond acceptors (Lipinski definition) is 2. The predicted molar refractivity (Wildman–Crippen MR) is 105 cm³/mol. The van der Waals surface area contributed by atoms with E-state index in [0.717, 1.165) is 24.3 Å². The molecule has 5 heteroatoms. The smallest absolute Gasteiger partial charge is 0.188 e. The number of halogens is 1. The lowest BCUT2D eigenvalue weighted by Crippen LogP contribution is -2.31. The number of nitrogens with two attached hydrogens (primary N) is 1. The minimum absolute atomic E-state index is 0. The van der Waals surface area contributed by atoms with Crippen molar-refractivity contribution in [3.8, 4) is 16.9 Å². The Morgan fingerprint density at radius 1 is 1.21 bits per heavy atom. The van der Waals surface area contributed by atoms with Crippen molar-refractivity contribution < 1.29 is 4.74 Å². The second kappa shape index (κ2) is 8.20. The van der Waals surface area contributed by atoms with Gasteiger partial charge in [-0.25, -0.2) is 4.99 Å². The van der Waals surface area contributed by atoms with Gasteiger partial charge in [0.25, 0.3) is 0 Å². The minimum Gasteiger partial charge on any atom is -0.490 e. The van der Waals surface area contributed by atoms with Crippen LogP contribution in [0, 0.1) is 0 Å². The maximum atomic E-state index is 5.76. The highest BCUT2D eigenvalue weighted by Crippen LogP contribution is 2.32. The topological polar surface area (TPSA) is 59.6 Å². The predicted octanol–water partition coefficient (Wildman–Crippen LogP) is 3.68. The first kappa shape index (κ1) is 18.3. The molecule has 1 atom stereocenters. The average Bonchev–Trinajstić information content (AvgIpc) is 2.93. The summed E-state index contributed by atoms with van der Waals surface area (Å²) in [5, 5.41) is 3.00. The lowest BCUT2D eigenvalue weighted by molar-refractivity contribution is 0.254. The van der Waals surface area contributed by atoms with E-state index < -0.39 is 0 Å². The Labute approximate surface area is 153 Å². The number of hydrogen-bond donors (Lipinski definition) is 2. The van der Waals surface area contributed by atoms with Crippen molar-refractivity contribution in [2.24, 2.45) is 10.7 Å². The summed E-state index contributed by atoms with van der Waals surface area (Å²) in [6.45, 7) is 5.48. The zero-order chi connectivity index (χ0) is 16.2. The molecule has 4 nitrogen and oxygen atoms in total. The standard InChI is InChI=1S/C19H23N3O.BrH/c1-3-21-19(20)22-12-14-4-6-15(7-5-14)16-8-9-18-17(11-16)10-13(2)23-18;/h4-9,11,13H,3,10,12H2,1-2H3,(H3,20,21,22);1H. The molecule has 2 aromatic carbocycles. The molecule has 1 aliphatic rings. The number of ether oxygens (including phenoxy) is 1. The summed E-state index contributed by atoms with van der Waals surface area (Å²) in [6, 6.07) is 14.9. The molecular formula is C19H24BrN3O. The SMILES string of the molecule is Br.CCNC(N)=NCc1ccc(-c2ccc3c(c2)CC(C)O3)cc1. The second-order valence-corrected chi connectivity index (χ2v) is 5.88. The summed E-state index contributed by atoms with van der Waals surface area (Å²) in [5.74, 6) is 1.51. The van der Waals surface area contributed by atoms with E-state index in [1.165, 1.54) is 16.7 Å². The van der Waals surface area contributed by atoms with E-state index in [2.05, 4.69) is 59.7 Å². The molecule has 2 aromatic rings. The number of benzene rings is 2. The van der Waals surface area contributed by atoms with Gasteiger partial charge in [0.15, 0.2) is 5.96 Å². The highest BCUT2D eigenvalue weighted by molar-refractivity contribution is 8.93.